The van der Waals surface area contributed by atoms with Crippen molar-refractivity contribution in [3.63, 3.8) is 0 Å². The number of nitrogens with zero attached hydrogens (tertiary/aromatic N) is 1. The molecular formula is C20H28ClN3O4. The van der Waals surface area contributed by atoms with Crippen molar-refractivity contribution in [3.05, 3.63) is 29.3 Å². The predicted molar refractivity (Wildman–Crippen MR) is 110 cm³/mol. The summed E-state index contributed by atoms with van der Waals surface area (Å²) in [4.78, 5) is 26.7. The second-order valence-corrected chi connectivity index (χ2v) is 6.85. The molecule has 0 aliphatic carbocycles. The Bertz CT molecular complexity index is 738. The van der Waals surface area contributed by atoms with Crippen LogP contribution in [0, 0.1) is 0 Å². The fraction of sp³-hybridized carbons (Fsp3) is 0.500. The minimum Gasteiger partial charge on any atom is -0.497 e. The first kappa shape index (κ1) is 22.0. The van der Waals surface area contributed by atoms with Crippen molar-refractivity contribution in [2.75, 3.05) is 33.4 Å². The molecule has 3 rings (SSSR count). The predicted octanol–water partition coefficient (Wildman–Crippen LogP) is 1.74. The van der Waals surface area contributed by atoms with Crippen LogP contribution in [0.2, 0.25) is 0 Å². The summed E-state index contributed by atoms with van der Waals surface area (Å²) in [5, 5.41) is 2.89. The quantitative estimate of drug-likeness (QED) is 0.746. The average molecular weight is 410 g/mol. The molecule has 0 spiro atoms. The molecule has 2 amide bonds. The number of benzene rings is 1. The number of methoxy groups -OCH3 is 1. The summed E-state index contributed by atoms with van der Waals surface area (Å²) >= 11 is 0. The summed E-state index contributed by atoms with van der Waals surface area (Å²) in [6.45, 7) is 1.73. The number of likely N-dealkylation sites (tertiary alicyclic amines) is 1. The number of hydrogen-bond donors (Lipinski definition) is 2. The van der Waals surface area contributed by atoms with Gasteiger partial charge in [0, 0.05) is 37.7 Å². The maximum Gasteiger partial charge on any atom is 0.253 e. The summed E-state index contributed by atoms with van der Waals surface area (Å²) < 4.78 is 11.0. The zero-order chi connectivity index (χ0) is 19.2. The van der Waals surface area contributed by atoms with Gasteiger partial charge in [0.2, 0.25) is 5.91 Å². The smallest absolute Gasteiger partial charge is 0.253 e. The van der Waals surface area contributed by atoms with Crippen LogP contribution in [-0.2, 0) is 9.59 Å². The lowest BCUT2D eigenvalue weighted by atomic mass is 9.99. The lowest BCUT2D eigenvalue weighted by molar-refractivity contribution is -0.131. The van der Waals surface area contributed by atoms with E-state index in [0.717, 1.165) is 36.3 Å². The van der Waals surface area contributed by atoms with Crippen molar-refractivity contribution in [3.8, 4) is 11.5 Å². The van der Waals surface area contributed by atoms with E-state index in [0.29, 0.717) is 31.6 Å². The number of nitrogens with two attached hydrogens (primary N) is 1. The molecule has 1 fully saturated rings. The number of fused-ring (bicyclic) bond motifs is 1. The first-order valence-electron chi connectivity index (χ1n) is 9.41. The molecule has 2 aliphatic rings. The monoisotopic (exact) mass is 409 g/mol. The zero-order valence-electron chi connectivity index (χ0n) is 16.1. The van der Waals surface area contributed by atoms with E-state index < -0.39 is 0 Å². The molecule has 8 heteroatoms. The van der Waals surface area contributed by atoms with Crippen LogP contribution >= 0.6 is 12.4 Å². The zero-order valence-corrected chi connectivity index (χ0v) is 16.9. The van der Waals surface area contributed by atoms with Crippen LogP contribution in [-0.4, -0.2) is 56.1 Å². The number of piperidine rings is 1. The summed E-state index contributed by atoms with van der Waals surface area (Å²) in [5.41, 5.74) is 6.88. The van der Waals surface area contributed by atoms with E-state index in [2.05, 4.69) is 5.32 Å². The maximum absolute atomic E-state index is 13.1. The molecular weight excluding hydrogens is 382 g/mol. The minimum atomic E-state index is -0.0725. The van der Waals surface area contributed by atoms with Crippen LogP contribution < -0.4 is 20.5 Å². The molecule has 28 heavy (non-hydrogen) atoms. The molecule has 0 aromatic heterocycles. The van der Waals surface area contributed by atoms with Gasteiger partial charge in [0.05, 0.1) is 12.7 Å². The number of hydrogen-bond acceptors (Lipinski definition) is 5. The van der Waals surface area contributed by atoms with Gasteiger partial charge in [-0.05, 0) is 43.5 Å². The highest BCUT2D eigenvalue weighted by molar-refractivity contribution is 5.99. The fourth-order valence-corrected chi connectivity index (χ4v) is 3.52. The molecule has 1 aromatic carbocycles. The van der Waals surface area contributed by atoms with Crippen molar-refractivity contribution in [2.45, 2.75) is 31.7 Å². The van der Waals surface area contributed by atoms with E-state index in [9.17, 15) is 9.59 Å². The first-order valence-corrected chi connectivity index (χ1v) is 9.41. The van der Waals surface area contributed by atoms with E-state index in [4.69, 9.17) is 15.2 Å². The maximum atomic E-state index is 13.1. The van der Waals surface area contributed by atoms with Gasteiger partial charge in [-0.25, -0.2) is 0 Å². The lowest BCUT2D eigenvalue weighted by Gasteiger charge is -2.37. The number of carbonyl (C=O) groups is 2. The Morgan fingerprint density at radius 3 is 2.93 bits per heavy atom. The van der Waals surface area contributed by atoms with Crippen LogP contribution in [0.1, 0.15) is 31.2 Å². The van der Waals surface area contributed by atoms with E-state index in [-0.39, 0.29) is 36.9 Å². The van der Waals surface area contributed by atoms with Gasteiger partial charge in [0.25, 0.3) is 5.91 Å². The first-order chi connectivity index (χ1) is 13.1. The third kappa shape index (κ3) is 5.17. The molecule has 2 heterocycles. The van der Waals surface area contributed by atoms with Crippen molar-refractivity contribution in [1.82, 2.24) is 10.2 Å². The van der Waals surface area contributed by atoms with Crippen LogP contribution in [0.5, 0.6) is 11.5 Å². The molecule has 3 N–H and O–H groups in total. The number of amides is 2. The second kappa shape index (κ2) is 10.3. The molecule has 7 nitrogen and oxygen atoms in total. The Hall–Kier alpha value is -2.25. The van der Waals surface area contributed by atoms with Crippen LogP contribution in [0.3, 0.4) is 0 Å². The van der Waals surface area contributed by atoms with Crippen LogP contribution in [0.15, 0.2) is 23.8 Å². The Morgan fingerprint density at radius 2 is 2.18 bits per heavy atom. The lowest BCUT2D eigenvalue weighted by Crippen LogP contribution is -2.50. The van der Waals surface area contributed by atoms with Crippen molar-refractivity contribution in [1.29, 1.82) is 0 Å². The second-order valence-electron chi connectivity index (χ2n) is 6.85. The highest BCUT2D eigenvalue weighted by Crippen LogP contribution is 2.31. The molecule has 0 radical (unpaired) electrons. The number of nitrogens with one attached hydrogen (secondary N) is 1. The van der Waals surface area contributed by atoms with Crippen LogP contribution in [0.4, 0.5) is 0 Å². The van der Waals surface area contributed by atoms with Gasteiger partial charge in [-0.15, -0.1) is 12.4 Å². The summed E-state index contributed by atoms with van der Waals surface area (Å²) in [5.74, 6) is 1.37. The Morgan fingerprint density at radius 1 is 1.36 bits per heavy atom. The third-order valence-corrected chi connectivity index (χ3v) is 5.00. The van der Waals surface area contributed by atoms with Gasteiger partial charge in [-0.3, -0.25) is 9.59 Å². The average Bonchev–Trinajstić information content (AvgIpc) is 2.71. The molecule has 2 aliphatic heterocycles. The standard InChI is InChI=1S/C20H27N3O4.ClH/c1-26-17-5-6-18-14(11-17)10-15(13-27-18)20(25)23-9-3-2-4-16(23)12-22-19(24)7-8-21;/h5-6,10-11,16H,2-4,7-9,12-13,21H2,1H3,(H,22,24);1H. The highest BCUT2D eigenvalue weighted by atomic mass is 35.5. The molecule has 1 saturated heterocycles. The van der Waals surface area contributed by atoms with Crippen molar-refractivity contribution >= 4 is 30.3 Å². The van der Waals surface area contributed by atoms with Gasteiger partial charge in [0.1, 0.15) is 18.1 Å². The molecule has 154 valence electrons. The van der Waals surface area contributed by atoms with Gasteiger partial charge >= 0.3 is 0 Å². The van der Waals surface area contributed by atoms with Crippen LogP contribution in [0.25, 0.3) is 6.08 Å². The molecule has 0 bridgehead atoms. The topological polar surface area (TPSA) is 93.9 Å². The summed E-state index contributed by atoms with van der Waals surface area (Å²) in [6, 6.07) is 5.55. The van der Waals surface area contributed by atoms with E-state index >= 15 is 0 Å². The van der Waals surface area contributed by atoms with Crippen molar-refractivity contribution in [2.24, 2.45) is 5.73 Å². The third-order valence-electron chi connectivity index (χ3n) is 5.00. The summed E-state index contributed by atoms with van der Waals surface area (Å²) in [6.07, 6.45) is 5.09. The van der Waals surface area contributed by atoms with Gasteiger partial charge in [0.15, 0.2) is 0 Å². The Kier molecular flexibility index (Phi) is 8.14. The summed E-state index contributed by atoms with van der Waals surface area (Å²) in [7, 11) is 1.61. The number of carbonyl (C=O) groups excluding carboxylic acids is 2. The SMILES string of the molecule is COc1ccc2c(c1)C=C(C(=O)N1CCCCC1CNC(=O)CCN)CO2.Cl. The number of rotatable bonds is 6. The van der Waals surface area contributed by atoms with Gasteiger partial charge in [-0.1, -0.05) is 0 Å². The Balaban J connectivity index is 0.00000280. The van der Waals surface area contributed by atoms with E-state index in [1.54, 1.807) is 7.11 Å². The van der Waals surface area contributed by atoms with Gasteiger partial charge < -0.3 is 25.4 Å². The normalized spacial score (nSPS) is 18.1. The molecule has 1 aromatic rings. The van der Waals surface area contributed by atoms with Crippen molar-refractivity contribution < 1.29 is 19.1 Å². The number of halogens is 1. The fourth-order valence-electron chi connectivity index (χ4n) is 3.52. The highest BCUT2D eigenvalue weighted by Gasteiger charge is 2.30. The van der Waals surface area contributed by atoms with Gasteiger partial charge in [-0.2, -0.15) is 0 Å². The molecule has 0 saturated carbocycles. The molecule has 1 atom stereocenters. The largest absolute Gasteiger partial charge is 0.497 e. The molecule has 1 unspecified atom stereocenters. The minimum absolute atomic E-state index is 0. The Labute approximate surface area is 171 Å². The van der Waals surface area contributed by atoms with E-state index in [1.807, 2.05) is 29.2 Å². The number of ether oxygens (including phenoxy) is 2. The van der Waals surface area contributed by atoms with E-state index in [1.165, 1.54) is 0 Å².